The van der Waals surface area contributed by atoms with Gasteiger partial charge in [-0.2, -0.15) is 0 Å². The van der Waals surface area contributed by atoms with Crippen molar-refractivity contribution < 1.29 is 14.3 Å². The van der Waals surface area contributed by atoms with Crippen LogP contribution in [0.3, 0.4) is 0 Å². The monoisotopic (exact) mass is 398 g/mol. The number of rotatable bonds is 7. The molecular formula is C27H26O3. The third-order valence-electron chi connectivity index (χ3n) is 4.87. The average Bonchev–Trinajstić information content (AvgIpc) is 2.79. The highest BCUT2D eigenvalue weighted by Gasteiger charge is 2.09. The van der Waals surface area contributed by atoms with Crippen LogP contribution >= 0.6 is 0 Å². The highest BCUT2D eigenvalue weighted by atomic mass is 16.5. The lowest BCUT2D eigenvalue weighted by atomic mass is 10.1. The lowest BCUT2D eigenvalue weighted by molar-refractivity contribution is 0.0735. The Kier molecular flexibility index (Phi) is 7.29. The van der Waals surface area contributed by atoms with Crippen molar-refractivity contribution in [1.29, 1.82) is 0 Å². The summed E-state index contributed by atoms with van der Waals surface area (Å²) in [6.45, 7) is 6.85. The minimum absolute atomic E-state index is 0.387. The van der Waals surface area contributed by atoms with Crippen molar-refractivity contribution in [1.82, 2.24) is 0 Å². The van der Waals surface area contributed by atoms with E-state index in [1.807, 2.05) is 48.5 Å². The number of ether oxygens (including phenoxy) is 2. The zero-order chi connectivity index (χ0) is 21.3. The molecule has 152 valence electrons. The highest BCUT2D eigenvalue weighted by molar-refractivity contribution is 5.91. The Hall–Kier alpha value is -3.51. The van der Waals surface area contributed by atoms with Gasteiger partial charge in [-0.25, -0.2) is 4.79 Å². The van der Waals surface area contributed by atoms with E-state index in [1.165, 1.54) is 0 Å². The topological polar surface area (TPSA) is 35.5 Å². The van der Waals surface area contributed by atoms with E-state index >= 15 is 0 Å². The largest absolute Gasteiger partial charge is 0.493 e. The molecule has 3 aromatic carbocycles. The van der Waals surface area contributed by atoms with Crippen LogP contribution in [0.5, 0.6) is 11.5 Å². The Balaban J connectivity index is 1.61. The van der Waals surface area contributed by atoms with E-state index < -0.39 is 0 Å². The van der Waals surface area contributed by atoms with Crippen molar-refractivity contribution in [2.45, 2.75) is 27.2 Å². The second-order valence-corrected chi connectivity index (χ2v) is 7.22. The minimum atomic E-state index is -0.387. The van der Waals surface area contributed by atoms with Crippen molar-refractivity contribution in [2.75, 3.05) is 6.61 Å². The van der Waals surface area contributed by atoms with E-state index in [2.05, 4.69) is 25.7 Å². The van der Waals surface area contributed by atoms with Crippen molar-refractivity contribution in [2.24, 2.45) is 5.92 Å². The lowest BCUT2D eigenvalue weighted by Gasteiger charge is -2.11. The van der Waals surface area contributed by atoms with Gasteiger partial charge in [-0.3, -0.25) is 0 Å². The normalized spacial score (nSPS) is 11.2. The molecule has 0 aliphatic rings. The molecule has 30 heavy (non-hydrogen) atoms. The molecular weight excluding hydrogens is 372 g/mol. The van der Waals surface area contributed by atoms with Crippen LogP contribution in [-0.4, -0.2) is 12.6 Å². The first-order chi connectivity index (χ1) is 14.6. The summed E-state index contributed by atoms with van der Waals surface area (Å²) in [6, 6.07) is 22.6. The van der Waals surface area contributed by atoms with Gasteiger partial charge in [-0.1, -0.05) is 50.5 Å². The van der Waals surface area contributed by atoms with Crippen molar-refractivity contribution in [3.05, 3.63) is 83.9 Å². The number of hydrogen-bond donors (Lipinski definition) is 0. The molecule has 3 aromatic rings. The first-order valence-electron chi connectivity index (χ1n) is 10.2. The zero-order valence-electron chi connectivity index (χ0n) is 17.6. The summed E-state index contributed by atoms with van der Waals surface area (Å²) in [5.74, 6) is 7.33. The van der Waals surface area contributed by atoms with E-state index in [-0.39, 0.29) is 5.97 Å². The first kappa shape index (κ1) is 21.2. The van der Waals surface area contributed by atoms with Gasteiger partial charge < -0.3 is 9.47 Å². The summed E-state index contributed by atoms with van der Waals surface area (Å²) in [7, 11) is 0. The van der Waals surface area contributed by atoms with E-state index in [0.717, 1.165) is 35.5 Å². The Morgan fingerprint density at radius 3 is 1.97 bits per heavy atom. The molecule has 0 spiro atoms. The van der Waals surface area contributed by atoms with Crippen LogP contribution in [0.1, 0.15) is 43.1 Å². The molecule has 0 N–H and O–H groups in total. The van der Waals surface area contributed by atoms with Gasteiger partial charge in [-0.05, 0) is 72.5 Å². The highest BCUT2D eigenvalue weighted by Crippen LogP contribution is 2.25. The SMILES string of the molecule is CC#Cc1ccc(C(=O)Oc2ccc(-c3ccc(OCC(C)CC)cc3)cc2)cc1. The van der Waals surface area contributed by atoms with Gasteiger partial charge in [0.15, 0.2) is 0 Å². The molecule has 1 unspecified atom stereocenters. The number of carbonyl (C=O) groups excluding carboxylic acids is 1. The van der Waals surface area contributed by atoms with Gasteiger partial charge in [0, 0.05) is 5.56 Å². The van der Waals surface area contributed by atoms with E-state index in [9.17, 15) is 4.79 Å². The van der Waals surface area contributed by atoms with Crippen molar-refractivity contribution >= 4 is 5.97 Å². The minimum Gasteiger partial charge on any atom is -0.493 e. The van der Waals surface area contributed by atoms with Crippen LogP contribution in [0, 0.1) is 17.8 Å². The van der Waals surface area contributed by atoms with E-state index in [1.54, 1.807) is 31.2 Å². The molecule has 0 aliphatic heterocycles. The summed E-state index contributed by atoms with van der Waals surface area (Å²) in [4.78, 5) is 12.3. The Morgan fingerprint density at radius 2 is 1.43 bits per heavy atom. The number of carbonyl (C=O) groups is 1. The molecule has 0 radical (unpaired) electrons. The van der Waals surface area contributed by atoms with Crippen molar-refractivity contribution in [3.8, 4) is 34.5 Å². The maximum atomic E-state index is 12.3. The van der Waals surface area contributed by atoms with Gasteiger partial charge in [0.05, 0.1) is 12.2 Å². The van der Waals surface area contributed by atoms with Crippen LogP contribution in [-0.2, 0) is 0 Å². The number of benzene rings is 3. The third-order valence-corrected chi connectivity index (χ3v) is 4.87. The fraction of sp³-hybridized carbons (Fsp3) is 0.222. The molecule has 0 saturated carbocycles. The van der Waals surface area contributed by atoms with Gasteiger partial charge >= 0.3 is 5.97 Å². The van der Waals surface area contributed by atoms with Crippen LogP contribution in [0.15, 0.2) is 72.8 Å². The number of hydrogen-bond acceptors (Lipinski definition) is 3. The molecule has 3 nitrogen and oxygen atoms in total. The maximum Gasteiger partial charge on any atom is 0.343 e. The molecule has 0 bridgehead atoms. The first-order valence-corrected chi connectivity index (χ1v) is 10.2. The molecule has 3 rings (SSSR count). The van der Waals surface area contributed by atoms with E-state index in [4.69, 9.17) is 9.47 Å². The Labute approximate surface area is 178 Å². The van der Waals surface area contributed by atoms with Gasteiger partial charge in [0.2, 0.25) is 0 Å². The predicted octanol–water partition coefficient (Wildman–Crippen LogP) is 6.37. The quantitative estimate of drug-likeness (QED) is 0.264. The second-order valence-electron chi connectivity index (χ2n) is 7.22. The average molecular weight is 399 g/mol. The summed E-state index contributed by atoms with van der Waals surface area (Å²) >= 11 is 0. The summed E-state index contributed by atoms with van der Waals surface area (Å²) in [6.07, 6.45) is 1.11. The Morgan fingerprint density at radius 1 is 0.867 bits per heavy atom. The molecule has 0 saturated heterocycles. The van der Waals surface area contributed by atoms with Crippen LogP contribution < -0.4 is 9.47 Å². The molecule has 3 heteroatoms. The van der Waals surface area contributed by atoms with Gasteiger partial charge in [0.25, 0.3) is 0 Å². The van der Waals surface area contributed by atoms with Crippen molar-refractivity contribution in [3.63, 3.8) is 0 Å². The predicted molar refractivity (Wildman–Crippen MR) is 121 cm³/mol. The van der Waals surface area contributed by atoms with E-state index in [0.29, 0.717) is 17.2 Å². The fourth-order valence-electron chi connectivity index (χ4n) is 2.82. The summed E-state index contributed by atoms with van der Waals surface area (Å²) in [5.41, 5.74) is 3.49. The maximum absolute atomic E-state index is 12.3. The lowest BCUT2D eigenvalue weighted by Crippen LogP contribution is -2.08. The van der Waals surface area contributed by atoms with Gasteiger partial charge in [0.1, 0.15) is 11.5 Å². The molecule has 0 aliphatic carbocycles. The molecule has 0 fully saturated rings. The van der Waals surface area contributed by atoms with Crippen LogP contribution in [0.25, 0.3) is 11.1 Å². The standard InChI is InChI=1S/C27H26O3/c1-4-6-21-7-9-24(10-8-21)27(28)30-26-17-13-23(14-18-26)22-11-15-25(16-12-22)29-19-20(3)5-2/h7-18,20H,5,19H2,1-3H3. The number of esters is 1. The van der Waals surface area contributed by atoms with Gasteiger partial charge in [-0.15, -0.1) is 5.92 Å². The fourth-order valence-corrected chi connectivity index (χ4v) is 2.82. The molecule has 1 atom stereocenters. The molecule has 0 aromatic heterocycles. The zero-order valence-corrected chi connectivity index (χ0v) is 17.6. The van der Waals surface area contributed by atoms with Crippen LogP contribution in [0.4, 0.5) is 0 Å². The van der Waals surface area contributed by atoms with Crippen LogP contribution in [0.2, 0.25) is 0 Å². The Bertz CT molecular complexity index is 1020. The third kappa shape index (κ3) is 5.75. The molecule has 0 heterocycles. The smallest absolute Gasteiger partial charge is 0.343 e. The summed E-state index contributed by atoms with van der Waals surface area (Å²) < 4.78 is 11.3. The second kappa shape index (κ2) is 10.3. The summed E-state index contributed by atoms with van der Waals surface area (Å²) in [5, 5.41) is 0. The molecule has 0 amide bonds.